The molecule has 1 saturated heterocycles. The van der Waals surface area contributed by atoms with Gasteiger partial charge in [-0.1, -0.05) is 26.2 Å². The second-order valence-electron chi connectivity index (χ2n) is 3.13. The molecule has 0 aliphatic carbocycles. The van der Waals surface area contributed by atoms with Crippen LogP contribution in [0.2, 0.25) is 0 Å². The van der Waals surface area contributed by atoms with E-state index in [1.807, 2.05) is 0 Å². The summed E-state index contributed by atoms with van der Waals surface area (Å²) in [7, 11) is 0. The molecule has 1 aliphatic rings. The van der Waals surface area contributed by atoms with E-state index in [1.165, 1.54) is 44.3 Å². The zero-order chi connectivity index (χ0) is 7.23. The van der Waals surface area contributed by atoms with Crippen molar-refractivity contribution in [2.24, 2.45) is 0 Å². The lowest BCUT2D eigenvalue weighted by atomic mass is 10.1. The lowest BCUT2D eigenvalue weighted by Gasteiger charge is -2.05. The quantitative estimate of drug-likeness (QED) is 0.565. The van der Waals surface area contributed by atoms with Gasteiger partial charge in [0, 0.05) is 5.25 Å². The van der Waals surface area contributed by atoms with Gasteiger partial charge in [-0.15, -0.1) is 0 Å². The molecule has 0 aromatic carbocycles. The summed E-state index contributed by atoms with van der Waals surface area (Å²) in [6, 6.07) is 0. The lowest BCUT2D eigenvalue weighted by Crippen LogP contribution is -1.94. The standard InChI is InChI=1S/C9H18S/c1-2-3-4-6-9-7-5-8-10-9/h9H,2-8H2,1H3/t9-/m0/s1. The summed E-state index contributed by atoms with van der Waals surface area (Å²) < 4.78 is 0. The highest BCUT2D eigenvalue weighted by atomic mass is 32.2. The van der Waals surface area contributed by atoms with Crippen LogP contribution in [0.25, 0.3) is 0 Å². The maximum Gasteiger partial charge on any atom is 0.00473 e. The molecule has 0 unspecified atom stereocenters. The topological polar surface area (TPSA) is 0 Å². The summed E-state index contributed by atoms with van der Waals surface area (Å²) in [5.41, 5.74) is 0. The SMILES string of the molecule is CCCCC[C@H]1CCCS1. The second kappa shape index (κ2) is 5.06. The molecule has 0 radical (unpaired) electrons. The maximum atomic E-state index is 2.28. The van der Waals surface area contributed by atoms with Crippen LogP contribution in [-0.4, -0.2) is 11.0 Å². The van der Waals surface area contributed by atoms with Gasteiger partial charge in [0.1, 0.15) is 0 Å². The van der Waals surface area contributed by atoms with Crippen LogP contribution in [-0.2, 0) is 0 Å². The van der Waals surface area contributed by atoms with Crippen LogP contribution in [0, 0.1) is 0 Å². The first-order valence-electron chi connectivity index (χ1n) is 4.55. The molecule has 0 N–H and O–H groups in total. The number of hydrogen-bond donors (Lipinski definition) is 0. The van der Waals surface area contributed by atoms with Gasteiger partial charge in [0.2, 0.25) is 0 Å². The minimum Gasteiger partial charge on any atom is -0.159 e. The van der Waals surface area contributed by atoms with Crippen molar-refractivity contribution in [3.05, 3.63) is 0 Å². The third-order valence-electron chi connectivity index (χ3n) is 2.15. The van der Waals surface area contributed by atoms with Gasteiger partial charge in [0.15, 0.2) is 0 Å². The fourth-order valence-electron chi connectivity index (χ4n) is 1.49. The Labute approximate surface area is 68.8 Å². The van der Waals surface area contributed by atoms with Gasteiger partial charge in [-0.3, -0.25) is 0 Å². The largest absolute Gasteiger partial charge is 0.159 e. The van der Waals surface area contributed by atoms with Gasteiger partial charge >= 0.3 is 0 Å². The molecule has 0 nitrogen and oxygen atoms in total. The van der Waals surface area contributed by atoms with Gasteiger partial charge < -0.3 is 0 Å². The Morgan fingerprint density at radius 2 is 2.30 bits per heavy atom. The van der Waals surface area contributed by atoms with Gasteiger partial charge in [0.25, 0.3) is 0 Å². The first-order valence-corrected chi connectivity index (χ1v) is 5.60. The monoisotopic (exact) mass is 158 g/mol. The predicted molar refractivity (Wildman–Crippen MR) is 49.6 cm³/mol. The number of rotatable bonds is 4. The van der Waals surface area contributed by atoms with Gasteiger partial charge in [-0.05, 0) is 25.0 Å². The molecule has 0 aromatic heterocycles. The minimum atomic E-state index is 1.03. The predicted octanol–water partition coefficient (Wildman–Crippen LogP) is 3.46. The molecule has 0 spiro atoms. The Hall–Kier alpha value is 0.350. The minimum absolute atomic E-state index is 1.03. The smallest absolute Gasteiger partial charge is 0.00473 e. The first-order chi connectivity index (χ1) is 4.93. The van der Waals surface area contributed by atoms with Crippen molar-refractivity contribution in [2.45, 2.75) is 50.7 Å². The number of thioether (sulfide) groups is 1. The molecule has 1 atom stereocenters. The van der Waals surface area contributed by atoms with Gasteiger partial charge in [-0.2, -0.15) is 11.8 Å². The normalized spacial score (nSPS) is 25.5. The summed E-state index contributed by atoms with van der Waals surface area (Å²) in [5, 5.41) is 1.03. The highest BCUT2D eigenvalue weighted by Crippen LogP contribution is 2.29. The number of hydrogen-bond acceptors (Lipinski definition) is 1. The van der Waals surface area contributed by atoms with Crippen molar-refractivity contribution in [1.29, 1.82) is 0 Å². The van der Waals surface area contributed by atoms with E-state index in [9.17, 15) is 0 Å². The van der Waals surface area contributed by atoms with E-state index in [0.717, 1.165) is 5.25 Å². The molecule has 0 aromatic rings. The second-order valence-corrected chi connectivity index (χ2v) is 4.54. The number of unbranched alkanes of at least 4 members (excludes halogenated alkanes) is 2. The molecule has 60 valence electrons. The molecule has 1 heterocycles. The van der Waals surface area contributed by atoms with Crippen molar-refractivity contribution in [3.63, 3.8) is 0 Å². The fourth-order valence-corrected chi connectivity index (χ4v) is 2.83. The third kappa shape index (κ3) is 2.96. The molecule has 1 aliphatic heterocycles. The van der Waals surface area contributed by atoms with Crippen molar-refractivity contribution < 1.29 is 0 Å². The van der Waals surface area contributed by atoms with Crippen LogP contribution in [0.4, 0.5) is 0 Å². The summed E-state index contributed by atoms with van der Waals surface area (Å²) >= 11 is 2.19. The Kier molecular flexibility index (Phi) is 4.27. The van der Waals surface area contributed by atoms with E-state index in [-0.39, 0.29) is 0 Å². The molecule has 0 bridgehead atoms. The van der Waals surface area contributed by atoms with E-state index in [2.05, 4.69) is 18.7 Å². The van der Waals surface area contributed by atoms with Crippen molar-refractivity contribution >= 4 is 11.8 Å². The van der Waals surface area contributed by atoms with E-state index >= 15 is 0 Å². The molecule has 1 rings (SSSR count). The highest BCUT2D eigenvalue weighted by Gasteiger charge is 2.13. The fraction of sp³-hybridized carbons (Fsp3) is 1.00. The van der Waals surface area contributed by atoms with Gasteiger partial charge in [0.05, 0.1) is 0 Å². The van der Waals surface area contributed by atoms with Crippen LogP contribution in [0.3, 0.4) is 0 Å². The third-order valence-corrected chi connectivity index (χ3v) is 3.62. The summed E-state index contributed by atoms with van der Waals surface area (Å²) in [5.74, 6) is 1.43. The molecular formula is C9H18S. The van der Waals surface area contributed by atoms with Crippen LogP contribution in [0.1, 0.15) is 45.4 Å². The molecular weight excluding hydrogens is 140 g/mol. The van der Waals surface area contributed by atoms with E-state index in [4.69, 9.17) is 0 Å². The molecule has 10 heavy (non-hydrogen) atoms. The van der Waals surface area contributed by atoms with Gasteiger partial charge in [-0.25, -0.2) is 0 Å². The summed E-state index contributed by atoms with van der Waals surface area (Å²) in [6.45, 7) is 2.28. The maximum absolute atomic E-state index is 2.28. The molecule has 1 fully saturated rings. The van der Waals surface area contributed by atoms with Crippen LogP contribution >= 0.6 is 11.8 Å². The lowest BCUT2D eigenvalue weighted by molar-refractivity contribution is 0.630. The zero-order valence-electron chi connectivity index (χ0n) is 6.94. The van der Waals surface area contributed by atoms with E-state index in [1.54, 1.807) is 0 Å². The Balaban J connectivity index is 1.91. The van der Waals surface area contributed by atoms with E-state index in [0.29, 0.717) is 0 Å². The summed E-state index contributed by atoms with van der Waals surface area (Å²) in [6.07, 6.45) is 8.73. The average Bonchev–Trinajstić information content (AvgIpc) is 2.41. The van der Waals surface area contributed by atoms with Crippen LogP contribution < -0.4 is 0 Å². The highest BCUT2D eigenvalue weighted by molar-refractivity contribution is 8.00. The Bertz CT molecular complexity index is 74.8. The summed E-state index contributed by atoms with van der Waals surface area (Å²) in [4.78, 5) is 0. The average molecular weight is 158 g/mol. The Morgan fingerprint density at radius 1 is 1.40 bits per heavy atom. The first kappa shape index (κ1) is 8.45. The van der Waals surface area contributed by atoms with Crippen molar-refractivity contribution in [1.82, 2.24) is 0 Å². The van der Waals surface area contributed by atoms with E-state index < -0.39 is 0 Å². The van der Waals surface area contributed by atoms with Crippen molar-refractivity contribution in [3.8, 4) is 0 Å². The van der Waals surface area contributed by atoms with Crippen LogP contribution in [0.15, 0.2) is 0 Å². The molecule has 1 heteroatoms. The molecule has 0 saturated carbocycles. The van der Waals surface area contributed by atoms with Crippen molar-refractivity contribution in [2.75, 3.05) is 5.75 Å². The van der Waals surface area contributed by atoms with Crippen LogP contribution in [0.5, 0.6) is 0 Å². The zero-order valence-corrected chi connectivity index (χ0v) is 7.75. The Morgan fingerprint density at radius 3 is 2.90 bits per heavy atom. The molecule has 0 amide bonds.